The van der Waals surface area contributed by atoms with Crippen LogP contribution in [0.15, 0.2) is 24.5 Å². The molecule has 0 spiro atoms. The number of nitriles is 1. The molecule has 106 valence electrons. The zero-order chi connectivity index (χ0) is 15.0. The highest BCUT2D eigenvalue weighted by Gasteiger charge is 2.19. The zero-order valence-corrected chi connectivity index (χ0v) is 11.1. The van der Waals surface area contributed by atoms with Gasteiger partial charge in [0.25, 0.3) is 0 Å². The van der Waals surface area contributed by atoms with Crippen molar-refractivity contribution in [3.63, 3.8) is 0 Å². The van der Waals surface area contributed by atoms with Gasteiger partial charge in [-0.25, -0.2) is 4.79 Å². The van der Waals surface area contributed by atoms with Gasteiger partial charge in [-0.2, -0.15) is 5.26 Å². The maximum atomic E-state index is 12.0. The molecular formula is C13H16N4O3. The first-order valence-electron chi connectivity index (χ1n) is 6.08. The van der Waals surface area contributed by atoms with Gasteiger partial charge in [0, 0.05) is 25.5 Å². The third kappa shape index (κ3) is 4.94. The van der Waals surface area contributed by atoms with Crippen LogP contribution in [0.4, 0.5) is 4.79 Å². The van der Waals surface area contributed by atoms with E-state index < -0.39 is 18.0 Å². The second kappa shape index (κ2) is 7.74. The van der Waals surface area contributed by atoms with Crippen molar-refractivity contribution in [2.24, 2.45) is 0 Å². The third-order valence-electron chi connectivity index (χ3n) is 2.59. The SMILES string of the molecule is C[C@@H](NC(=O)N(CCC#N)Cc1cccnc1)C(=O)O. The number of pyridine rings is 1. The molecule has 20 heavy (non-hydrogen) atoms. The minimum absolute atomic E-state index is 0.176. The van der Waals surface area contributed by atoms with Gasteiger partial charge in [0.15, 0.2) is 0 Å². The molecule has 0 aromatic carbocycles. The molecule has 7 heteroatoms. The summed E-state index contributed by atoms with van der Waals surface area (Å²) in [6, 6.07) is 4.01. The average molecular weight is 276 g/mol. The first-order chi connectivity index (χ1) is 9.54. The molecule has 0 fully saturated rings. The quantitative estimate of drug-likeness (QED) is 0.805. The molecule has 7 nitrogen and oxygen atoms in total. The summed E-state index contributed by atoms with van der Waals surface area (Å²) in [5.74, 6) is -1.11. The molecule has 0 bridgehead atoms. The number of nitrogens with zero attached hydrogens (tertiary/aromatic N) is 3. The Morgan fingerprint density at radius 3 is 2.90 bits per heavy atom. The lowest BCUT2D eigenvalue weighted by molar-refractivity contribution is -0.138. The molecular weight excluding hydrogens is 260 g/mol. The number of aromatic nitrogens is 1. The first-order valence-corrected chi connectivity index (χ1v) is 6.08. The van der Waals surface area contributed by atoms with Crippen molar-refractivity contribution in [2.75, 3.05) is 6.54 Å². The van der Waals surface area contributed by atoms with Crippen LogP contribution in [0.1, 0.15) is 18.9 Å². The summed E-state index contributed by atoms with van der Waals surface area (Å²) in [5.41, 5.74) is 0.809. The predicted molar refractivity (Wildman–Crippen MR) is 70.5 cm³/mol. The molecule has 1 aromatic heterocycles. The molecule has 0 aliphatic rings. The van der Waals surface area contributed by atoms with E-state index in [0.29, 0.717) is 0 Å². The normalized spacial score (nSPS) is 11.2. The van der Waals surface area contributed by atoms with Crippen LogP contribution in [0.2, 0.25) is 0 Å². The fourth-order valence-corrected chi connectivity index (χ4v) is 1.49. The van der Waals surface area contributed by atoms with E-state index in [1.54, 1.807) is 24.5 Å². The highest BCUT2D eigenvalue weighted by molar-refractivity contribution is 5.82. The second-order valence-corrected chi connectivity index (χ2v) is 4.20. The lowest BCUT2D eigenvalue weighted by Crippen LogP contribution is -2.46. The van der Waals surface area contributed by atoms with Crippen molar-refractivity contribution in [3.05, 3.63) is 30.1 Å². The van der Waals surface area contributed by atoms with Crippen LogP contribution >= 0.6 is 0 Å². The minimum Gasteiger partial charge on any atom is -0.480 e. The first kappa shape index (κ1) is 15.4. The Bertz CT molecular complexity index is 498. The lowest BCUT2D eigenvalue weighted by Gasteiger charge is -2.23. The third-order valence-corrected chi connectivity index (χ3v) is 2.59. The fraction of sp³-hybridized carbons (Fsp3) is 0.385. The molecule has 1 aromatic rings. The van der Waals surface area contributed by atoms with E-state index in [-0.39, 0.29) is 19.5 Å². The van der Waals surface area contributed by atoms with Crippen molar-refractivity contribution in [2.45, 2.75) is 25.9 Å². The number of rotatable bonds is 6. The Balaban J connectivity index is 2.71. The molecule has 2 amide bonds. The number of hydrogen-bond donors (Lipinski definition) is 2. The van der Waals surface area contributed by atoms with Gasteiger partial charge in [0.05, 0.1) is 12.5 Å². The molecule has 1 atom stereocenters. The highest BCUT2D eigenvalue weighted by atomic mass is 16.4. The van der Waals surface area contributed by atoms with E-state index in [0.717, 1.165) is 5.56 Å². The average Bonchev–Trinajstić information content (AvgIpc) is 2.44. The number of carboxylic acids is 1. The Kier molecular flexibility index (Phi) is 5.97. The Morgan fingerprint density at radius 2 is 2.35 bits per heavy atom. The molecule has 1 heterocycles. The van der Waals surface area contributed by atoms with Crippen molar-refractivity contribution in [1.29, 1.82) is 5.26 Å². The number of urea groups is 1. The molecule has 0 saturated heterocycles. The summed E-state index contributed by atoms with van der Waals surface area (Å²) in [7, 11) is 0. The molecule has 1 rings (SSSR count). The van der Waals surface area contributed by atoms with Gasteiger partial charge in [-0.05, 0) is 18.6 Å². The molecule has 0 unspecified atom stereocenters. The molecule has 0 saturated carbocycles. The number of hydrogen-bond acceptors (Lipinski definition) is 4. The van der Waals surface area contributed by atoms with Gasteiger partial charge in [-0.15, -0.1) is 0 Å². The standard InChI is InChI=1S/C13H16N4O3/c1-10(12(18)19)16-13(20)17(7-3-5-14)9-11-4-2-6-15-8-11/h2,4,6,8,10H,3,7,9H2,1H3,(H,16,20)(H,18,19)/t10-/m1/s1. The van der Waals surface area contributed by atoms with E-state index in [2.05, 4.69) is 10.3 Å². The summed E-state index contributed by atoms with van der Waals surface area (Å²) in [6.07, 6.45) is 3.41. The van der Waals surface area contributed by atoms with Crippen LogP contribution in [0.25, 0.3) is 0 Å². The lowest BCUT2D eigenvalue weighted by atomic mass is 10.2. The monoisotopic (exact) mass is 276 g/mol. The largest absolute Gasteiger partial charge is 0.480 e. The van der Waals surface area contributed by atoms with Crippen LogP contribution in [-0.4, -0.2) is 39.6 Å². The van der Waals surface area contributed by atoms with E-state index in [1.807, 2.05) is 6.07 Å². The summed E-state index contributed by atoms with van der Waals surface area (Å²) in [6.45, 7) is 1.88. The number of carbonyl (C=O) groups excluding carboxylic acids is 1. The van der Waals surface area contributed by atoms with E-state index >= 15 is 0 Å². The molecule has 0 aliphatic heterocycles. The number of nitrogens with one attached hydrogen (secondary N) is 1. The molecule has 0 aliphatic carbocycles. The fourth-order valence-electron chi connectivity index (χ4n) is 1.49. The van der Waals surface area contributed by atoms with E-state index in [9.17, 15) is 9.59 Å². The minimum atomic E-state index is -1.11. The second-order valence-electron chi connectivity index (χ2n) is 4.20. The van der Waals surface area contributed by atoms with Gasteiger partial charge in [0.2, 0.25) is 0 Å². The number of aliphatic carboxylic acids is 1. The summed E-state index contributed by atoms with van der Waals surface area (Å²) in [5, 5.41) is 19.8. The van der Waals surface area contributed by atoms with Crippen LogP contribution in [-0.2, 0) is 11.3 Å². The summed E-state index contributed by atoms with van der Waals surface area (Å²) < 4.78 is 0. The van der Waals surface area contributed by atoms with Gasteiger partial charge >= 0.3 is 12.0 Å². The maximum Gasteiger partial charge on any atom is 0.325 e. The summed E-state index contributed by atoms with van der Waals surface area (Å²) >= 11 is 0. The van der Waals surface area contributed by atoms with Crippen LogP contribution < -0.4 is 5.32 Å². The van der Waals surface area contributed by atoms with Gasteiger partial charge < -0.3 is 15.3 Å². The smallest absolute Gasteiger partial charge is 0.325 e. The van der Waals surface area contributed by atoms with Crippen molar-refractivity contribution >= 4 is 12.0 Å². The van der Waals surface area contributed by atoms with Crippen molar-refractivity contribution in [1.82, 2.24) is 15.2 Å². The van der Waals surface area contributed by atoms with Crippen molar-refractivity contribution in [3.8, 4) is 6.07 Å². The number of carbonyl (C=O) groups is 2. The Labute approximate surface area is 116 Å². The van der Waals surface area contributed by atoms with E-state index in [4.69, 9.17) is 10.4 Å². The number of amides is 2. The van der Waals surface area contributed by atoms with Gasteiger partial charge in [-0.1, -0.05) is 6.07 Å². The van der Waals surface area contributed by atoms with Crippen LogP contribution in [0.3, 0.4) is 0 Å². The maximum absolute atomic E-state index is 12.0. The van der Waals surface area contributed by atoms with Gasteiger partial charge in [-0.3, -0.25) is 9.78 Å². The zero-order valence-electron chi connectivity index (χ0n) is 11.1. The Morgan fingerprint density at radius 1 is 1.60 bits per heavy atom. The highest BCUT2D eigenvalue weighted by Crippen LogP contribution is 2.04. The van der Waals surface area contributed by atoms with E-state index in [1.165, 1.54) is 11.8 Å². The van der Waals surface area contributed by atoms with Crippen LogP contribution in [0, 0.1) is 11.3 Å². The predicted octanol–water partition coefficient (Wildman–Crippen LogP) is 0.980. The molecule has 2 N–H and O–H groups in total. The van der Waals surface area contributed by atoms with Crippen molar-refractivity contribution < 1.29 is 14.7 Å². The Hall–Kier alpha value is -2.62. The summed E-state index contributed by atoms with van der Waals surface area (Å²) in [4.78, 5) is 28.1. The van der Waals surface area contributed by atoms with Crippen LogP contribution in [0.5, 0.6) is 0 Å². The molecule has 0 radical (unpaired) electrons. The number of carboxylic acid groups (broad SMARTS) is 1. The van der Waals surface area contributed by atoms with Gasteiger partial charge in [0.1, 0.15) is 6.04 Å². The topological polar surface area (TPSA) is 106 Å².